The predicted molar refractivity (Wildman–Crippen MR) is 152 cm³/mol. The van der Waals surface area contributed by atoms with Crippen molar-refractivity contribution in [2.24, 2.45) is 0 Å². The van der Waals surface area contributed by atoms with E-state index in [-0.39, 0.29) is 12.0 Å². The van der Waals surface area contributed by atoms with Gasteiger partial charge in [-0.3, -0.25) is 19.9 Å². The van der Waals surface area contributed by atoms with E-state index >= 15 is 0 Å². The van der Waals surface area contributed by atoms with Gasteiger partial charge in [-0.15, -0.1) is 0 Å². The van der Waals surface area contributed by atoms with Gasteiger partial charge < -0.3 is 14.5 Å². The molecule has 0 fully saturated rings. The summed E-state index contributed by atoms with van der Waals surface area (Å²) in [6.07, 6.45) is 2.30. The second kappa shape index (κ2) is 11.3. The first-order valence-electron chi connectivity index (χ1n) is 13.0. The second-order valence-electron chi connectivity index (χ2n) is 9.71. The molecule has 2 atom stereocenters. The van der Waals surface area contributed by atoms with E-state index in [1.165, 1.54) is 29.3 Å². The predicted octanol–water partition coefficient (Wildman–Crippen LogP) is 4.91. The van der Waals surface area contributed by atoms with Crippen molar-refractivity contribution < 1.29 is 28.0 Å². The number of nitrogens with zero attached hydrogens (tertiary/aromatic N) is 2. The highest BCUT2D eigenvalue weighted by molar-refractivity contribution is 6.12. The Morgan fingerprint density at radius 2 is 1.76 bits per heavy atom. The highest BCUT2D eigenvalue weighted by Crippen LogP contribution is 2.36. The van der Waals surface area contributed by atoms with Crippen molar-refractivity contribution in [3.8, 4) is 22.5 Å². The lowest BCUT2D eigenvalue weighted by atomic mass is 9.98. The number of carbonyl (C=O) groups excluding carboxylic acids is 3. The molecule has 0 saturated carbocycles. The maximum Gasteiger partial charge on any atom is 0.272 e. The van der Waals surface area contributed by atoms with E-state index in [0.29, 0.717) is 45.5 Å². The molecule has 0 radical (unpaired) electrons. The lowest BCUT2D eigenvalue weighted by Gasteiger charge is -2.29. The van der Waals surface area contributed by atoms with Crippen LogP contribution >= 0.6 is 0 Å². The Balaban J connectivity index is 1.52. The number of furan rings is 1. The summed E-state index contributed by atoms with van der Waals surface area (Å²) in [6.45, 7) is 3.48. The number of hydrazine groups is 1. The molecule has 2 unspecified atom stereocenters. The minimum absolute atomic E-state index is 0.185. The number of aldehydes is 1. The monoisotopic (exact) mass is 556 g/mol. The van der Waals surface area contributed by atoms with Crippen LogP contribution in [0, 0.1) is 5.82 Å². The highest BCUT2D eigenvalue weighted by Gasteiger charge is 2.27. The normalized spacial score (nSPS) is 15.4. The van der Waals surface area contributed by atoms with Crippen LogP contribution in [0.3, 0.4) is 0 Å². The third-order valence-electron chi connectivity index (χ3n) is 6.81. The van der Waals surface area contributed by atoms with Gasteiger partial charge in [-0.1, -0.05) is 18.2 Å². The van der Waals surface area contributed by atoms with Crippen molar-refractivity contribution in [3.63, 3.8) is 0 Å². The van der Waals surface area contributed by atoms with Crippen LogP contribution < -0.4 is 10.7 Å². The van der Waals surface area contributed by atoms with Gasteiger partial charge in [0.1, 0.15) is 41.4 Å². The first-order valence-corrected chi connectivity index (χ1v) is 13.0. The fourth-order valence-electron chi connectivity index (χ4n) is 4.70. The van der Waals surface area contributed by atoms with E-state index in [4.69, 9.17) is 9.25 Å². The van der Waals surface area contributed by atoms with Crippen LogP contribution in [0.2, 0.25) is 0 Å². The Morgan fingerprint density at radius 3 is 2.41 bits per heavy atom. The minimum atomic E-state index is -0.765. The topological polar surface area (TPSA) is 104 Å². The van der Waals surface area contributed by atoms with Gasteiger partial charge in [0.2, 0.25) is 0 Å². The van der Waals surface area contributed by atoms with Crippen molar-refractivity contribution in [1.29, 1.82) is 0 Å². The van der Waals surface area contributed by atoms with Crippen molar-refractivity contribution in [3.05, 3.63) is 95.6 Å². The number of carbonyl (C=O) groups is 3. The number of fused-ring (bicyclic) bond motifs is 1. The van der Waals surface area contributed by atoms with Crippen molar-refractivity contribution in [2.45, 2.75) is 26.0 Å². The first kappa shape index (κ1) is 27.6. The van der Waals surface area contributed by atoms with Gasteiger partial charge in [0, 0.05) is 30.6 Å². The first-order chi connectivity index (χ1) is 19.7. The van der Waals surface area contributed by atoms with Gasteiger partial charge in [0.15, 0.2) is 0 Å². The third-order valence-corrected chi connectivity index (χ3v) is 6.81. The molecule has 4 aromatic rings. The number of hydrogen-bond acceptors (Lipinski definition) is 7. The van der Waals surface area contributed by atoms with Gasteiger partial charge in [-0.25, -0.2) is 14.5 Å². The summed E-state index contributed by atoms with van der Waals surface area (Å²) in [5.41, 5.74) is 6.20. The zero-order chi connectivity index (χ0) is 29.3. The quantitative estimate of drug-likeness (QED) is 0.235. The SMILES string of the molecule is CNC(=O)c1c(-c2ccc(F)cc2)oc2ccc(-c3cccc(C(=O)N(NC4=CC(C)ON4C)C(C)C=O)c3)cc12. The van der Waals surface area contributed by atoms with E-state index in [9.17, 15) is 18.8 Å². The van der Waals surface area contributed by atoms with Crippen LogP contribution in [0.25, 0.3) is 33.4 Å². The average Bonchev–Trinajstić information content (AvgIpc) is 3.52. The van der Waals surface area contributed by atoms with Crippen molar-refractivity contribution in [2.75, 3.05) is 14.1 Å². The van der Waals surface area contributed by atoms with Crippen LogP contribution in [0.5, 0.6) is 0 Å². The van der Waals surface area contributed by atoms with Gasteiger partial charge in [0.25, 0.3) is 11.8 Å². The molecule has 0 aliphatic carbocycles. The smallest absolute Gasteiger partial charge is 0.272 e. The number of rotatable bonds is 8. The van der Waals surface area contributed by atoms with Gasteiger partial charge in [-0.2, -0.15) is 0 Å². The lowest BCUT2D eigenvalue weighted by molar-refractivity contribution is -0.123. The zero-order valence-electron chi connectivity index (χ0n) is 23.0. The number of halogens is 1. The molecule has 41 heavy (non-hydrogen) atoms. The van der Waals surface area contributed by atoms with Crippen LogP contribution in [-0.2, 0) is 9.63 Å². The van der Waals surface area contributed by atoms with E-state index in [1.54, 1.807) is 56.4 Å². The van der Waals surface area contributed by atoms with E-state index in [2.05, 4.69) is 10.7 Å². The maximum absolute atomic E-state index is 13.6. The number of nitrogens with one attached hydrogen (secondary N) is 2. The highest BCUT2D eigenvalue weighted by atomic mass is 19.1. The zero-order valence-corrected chi connectivity index (χ0v) is 23.0. The lowest BCUT2D eigenvalue weighted by Crippen LogP contribution is -2.50. The molecule has 2 N–H and O–H groups in total. The molecule has 0 spiro atoms. The van der Waals surface area contributed by atoms with Crippen molar-refractivity contribution >= 4 is 29.1 Å². The molecule has 1 aliphatic rings. The van der Waals surface area contributed by atoms with E-state index in [0.717, 1.165) is 11.1 Å². The van der Waals surface area contributed by atoms with Crippen LogP contribution in [-0.4, -0.2) is 54.4 Å². The molecule has 10 heteroatoms. The number of benzene rings is 3. The van der Waals surface area contributed by atoms with Crippen LogP contribution in [0.15, 0.2) is 83.0 Å². The van der Waals surface area contributed by atoms with Gasteiger partial charge in [0.05, 0.1) is 5.56 Å². The summed E-state index contributed by atoms with van der Waals surface area (Å²) in [5.74, 6) is -0.281. The number of amides is 2. The Morgan fingerprint density at radius 1 is 1.05 bits per heavy atom. The summed E-state index contributed by atoms with van der Waals surface area (Å²) in [4.78, 5) is 43.8. The van der Waals surface area contributed by atoms with Gasteiger partial charge in [-0.05, 0) is 79.6 Å². The third kappa shape index (κ3) is 5.42. The molecule has 9 nitrogen and oxygen atoms in total. The molecule has 5 rings (SSSR count). The molecular formula is C31H29FN4O5. The van der Waals surface area contributed by atoms with Crippen molar-refractivity contribution in [1.82, 2.24) is 20.8 Å². The molecular weight excluding hydrogens is 527 g/mol. The second-order valence-corrected chi connectivity index (χ2v) is 9.71. The Labute approximate surface area is 236 Å². The average molecular weight is 557 g/mol. The maximum atomic E-state index is 13.6. The minimum Gasteiger partial charge on any atom is -0.455 e. The Bertz CT molecular complexity index is 1660. The van der Waals surface area contributed by atoms with Crippen LogP contribution in [0.1, 0.15) is 34.6 Å². The summed E-state index contributed by atoms with van der Waals surface area (Å²) >= 11 is 0. The molecule has 1 aromatic heterocycles. The largest absolute Gasteiger partial charge is 0.455 e. The van der Waals surface area contributed by atoms with Gasteiger partial charge >= 0.3 is 0 Å². The van der Waals surface area contributed by atoms with E-state index in [1.807, 2.05) is 25.1 Å². The number of hydrogen-bond donors (Lipinski definition) is 2. The fraction of sp³-hybridized carbons (Fsp3) is 0.194. The standard InChI is InChI=1S/C31H29FN4O5/c1-18(17-37)36(34-27-14-19(2)41-35(27)4)31(39)23-7-5-6-21(15-23)22-10-13-26-25(16-22)28(30(38)33-3)29(40-26)20-8-11-24(32)12-9-20/h5-19,34H,1-4H3,(H,33,38). The van der Waals surface area contributed by atoms with Crippen LogP contribution in [0.4, 0.5) is 4.39 Å². The Hall–Kier alpha value is -4.96. The molecule has 0 bridgehead atoms. The molecule has 210 valence electrons. The molecule has 2 amide bonds. The molecule has 3 aromatic carbocycles. The summed E-state index contributed by atoms with van der Waals surface area (Å²) in [7, 11) is 3.23. The van der Waals surface area contributed by atoms with E-state index < -0.39 is 17.8 Å². The fourth-order valence-corrected chi connectivity index (χ4v) is 4.70. The Kier molecular flexibility index (Phi) is 7.58. The molecule has 1 aliphatic heterocycles. The summed E-state index contributed by atoms with van der Waals surface area (Å²) < 4.78 is 19.6. The summed E-state index contributed by atoms with van der Waals surface area (Å²) in [6, 6.07) is 17.4. The molecule has 0 saturated heterocycles. The summed E-state index contributed by atoms with van der Waals surface area (Å²) in [5, 5.41) is 5.98. The molecule has 2 heterocycles. The number of hydroxylamine groups is 2.